The van der Waals surface area contributed by atoms with Gasteiger partial charge in [-0.05, 0) is 30.6 Å². The van der Waals surface area contributed by atoms with Gasteiger partial charge in [-0.15, -0.1) is 10.2 Å². The normalized spacial score (nSPS) is 19.6. The van der Waals surface area contributed by atoms with Gasteiger partial charge in [0.1, 0.15) is 0 Å². The monoisotopic (exact) mass is 387 g/mol. The number of amides is 1. The zero-order valence-electron chi connectivity index (χ0n) is 14.1. The molecular formula is C17H17N5O2S2. The number of thioether (sulfide) groups is 1. The fourth-order valence-electron chi connectivity index (χ4n) is 3.33. The molecule has 2 heterocycles. The minimum Gasteiger partial charge on any atom is -0.338 e. The van der Waals surface area contributed by atoms with Gasteiger partial charge in [-0.1, -0.05) is 65.0 Å². The van der Waals surface area contributed by atoms with Crippen LogP contribution in [0.2, 0.25) is 0 Å². The molecule has 3 aromatic rings. The van der Waals surface area contributed by atoms with Gasteiger partial charge in [0.05, 0.1) is 0 Å². The predicted octanol–water partition coefficient (Wildman–Crippen LogP) is 3.95. The zero-order chi connectivity index (χ0) is 17.9. The molecule has 2 aromatic heterocycles. The Balaban J connectivity index is 1.49. The van der Waals surface area contributed by atoms with Crippen molar-refractivity contribution in [1.29, 1.82) is 0 Å². The molecule has 0 radical (unpaired) electrons. The van der Waals surface area contributed by atoms with Crippen molar-refractivity contribution < 1.29 is 9.32 Å². The van der Waals surface area contributed by atoms with Crippen LogP contribution in [0.1, 0.15) is 53.2 Å². The summed E-state index contributed by atoms with van der Waals surface area (Å²) in [6.07, 6.45) is 5.08. The summed E-state index contributed by atoms with van der Waals surface area (Å²) >= 11 is 2.78. The first-order chi connectivity index (χ1) is 12.7. The van der Waals surface area contributed by atoms with Crippen molar-refractivity contribution in [3.8, 4) is 0 Å². The van der Waals surface area contributed by atoms with Gasteiger partial charge in [0, 0.05) is 5.92 Å². The molecule has 0 bridgehead atoms. The smallest absolute Gasteiger partial charge is 0.298 e. The van der Waals surface area contributed by atoms with E-state index in [4.69, 9.17) is 4.52 Å². The van der Waals surface area contributed by atoms with Gasteiger partial charge >= 0.3 is 0 Å². The molecule has 0 aliphatic heterocycles. The molecule has 9 heteroatoms. The van der Waals surface area contributed by atoms with Gasteiger partial charge in [0.25, 0.3) is 11.7 Å². The maximum atomic E-state index is 12.3. The molecule has 0 spiro atoms. The van der Waals surface area contributed by atoms with E-state index in [-0.39, 0.29) is 11.7 Å². The van der Waals surface area contributed by atoms with E-state index in [2.05, 4.69) is 37.8 Å². The summed E-state index contributed by atoms with van der Waals surface area (Å²) in [6, 6.07) is 10.4. The average molecular weight is 387 g/mol. The Hall–Kier alpha value is -2.26. The Morgan fingerprint density at radius 3 is 2.81 bits per heavy atom. The maximum absolute atomic E-state index is 12.3. The molecule has 26 heavy (non-hydrogen) atoms. The van der Waals surface area contributed by atoms with Gasteiger partial charge in [-0.2, -0.15) is 4.98 Å². The Morgan fingerprint density at radius 1 is 1.23 bits per heavy atom. The molecule has 1 fully saturated rings. The van der Waals surface area contributed by atoms with Crippen LogP contribution in [0.4, 0.5) is 5.13 Å². The highest BCUT2D eigenvalue weighted by atomic mass is 32.2. The SMILES string of the molecule is CSc1nnc(NC(=O)c2noc(C3CCCC3c3ccccc3)n2)s1. The molecule has 4 rings (SSSR count). The summed E-state index contributed by atoms with van der Waals surface area (Å²) in [4.78, 5) is 16.7. The third-order valence-electron chi connectivity index (χ3n) is 4.51. The fourth-order valence-corrected chi connectivity index (χ4v) is 4.49. The molecule has 1 aliphatic carbocycles. The van der Waals surface area contributed by atoms with Crippen LogP contribution >= 0.6 is 23.1 Å². The number of hydrogen-bond acceptors (Lipinski definition) is 8. The van der Waals surface area contributed by atoms with Crippen molar-refractivity contribution in [2.75, 3.05) is 11.6 Å². The maximum Gasteiger partial charge on any atom is 0.298 e. The second-order valence-electron chi connectivity index (χ2n) is 6.04. The Labute approximate surface area is 158 Å². The van der Waals surface area contributed by atoms with Crippen LogP contribution in [0, 0.1) is 0 Å². The van der Waals surface area contributed by atoms with Crippen molar-refractivity contribution in [3.05, 3.63) is 47.6 Å². The molecule has 1 aromatic carbocycles. The highest BCUT2D eigenvalue weighted by Gasteiger charge is 2.34. The van der Waals surface area contributed by atoms with Crippen LogP contribution in [-0.2, 0) is 0 Å². The van der Waals surface area contributed by atoms with Crippen LogP contribution in [0.3, 0.4) is 0 Å². The van der Waals surface area contributed by atoms with Gasteiger partial charge in [-0.3, -0.25) is 10.1 Å². The van der Waals surface area contributed by atoms with Crippen molar-refractivity contribution in [1.82, 2.24) is 20.3 Å². The number of aromatic nitrogens is 4. The summed E-state index contributed by atoms with van der Waals surface area (Å²) in [5, 5.41) is 14.8. The first-order valence-electron chi connectivity index (χ1n) is 8.32. The number of nitrogens with one attached hydrogen (secondary N) is 1. The second kappa shape index (κ2) is 7.55. The molecular weight excluding hydrogens is 370 g/mol. The predicted molar refractivity (Wildman–Crippen MR) is 99.7 cm³/mol. The number of carbonyl (C=O) groups excluding carboxylic acids is 1. The van der Waals surface area contributed by atoms with Crippen molar-refractivity contribution in [2.24, 2.45) is 0 Å². The lowest BCUT2D eigenvalue weighted by Crippen LogP contribution is -2.14. The molecule has 1 saturated carbocycles. The van der Waals surface area contributed by atoms with Crippen LogP contribution in [0.15, 0.2) is 39.2 Å². The van der Waals surface area contributed by atoms with Gasteiger partial charge < -0.3 is 4.52 Å². The largest absolute Gasteiger partial charge is 0.338 e. The quantitative estimate of drug-likeness (QED) is 0.523. The molecule has 1 N–H and O–H groups in total. The van der Waals surface area contributed by atoms with Crippen LogP contribution < -0.4 is 5.32 Å². The highest BCUT2D eigenvalue weighted by molar-refractivity contribution is 8.00. The van der Waals surface area contributed by atoms with Crippen LogP contribution in [-0.4, -0.2) is 32.5 Å². The lowest BCUT2D eigenvalue weighted by molar-refractivity contribution is 0.101. The number of rotatable bonds is 5. The molecule has 2 unspecified atom stereocenters. The summed E-state index contributed by atoms with van der Waals surface area (Å²) < 4.78 is 6.21. The number of nitrogens with zero attached hydrogens (tertiary/aromatic N) is 4. The van der Waals surface area contributed by atoms with Crippen molar-refractivity contribution in [2.45, 2.75) is 35.4 Å². The van der Waals surface area contributed by atoms with Gasteiger partial charge in [0.15, 0.2) is 4.34 Å². The molecule has 1 amide bonds. The first kappa shape index (κ1) is 17.2. The molecule has 134 valence electrons. The zero-order valence-corrected chi connectivity index (χ0v) is 15.7. The Kier molecular flexibility index (Phi) is 4.98. The lowest BCUT2D eigenvalue weighted by Gasteiger charge is -2.16. The number of carbonyl (C=O) groups is 1. The van der Waals surface area contributed by atoms with E-state index in [0.29, 0.717) is 16.9 Å². The number of anilines is 1. The summed E-state index contributed by atoms with van der Waals surface area (Å²) in [6.45, 7) is 0. The minimum atomic E-state index is -0.432. The van der Waals surface area contributed by atoms with Crippen molar-refractivity contribution in [3.63, 3.8) is 0 Å². The number of benzene rings is 1. The minimum absolute atomic E-state index is 0.0274. The summed E-state index contributed by atoms with van der Waals surface area (Å²) in [5.41, 5.74) is 1.28. The topological polar surface area (TPSA) is 93.8 Å². The van der Waals surface area contributed by atoms with E-state index < -0.39 is 5.91 Å². The fraction of sp³-hybridized carbons (Fsp3) is 0.353. The molecule has 0 saturated heterocycles. The van der Waals surface area contributed by atoms with E-state index in [0.717, 1.165) is 23.6 Å². The Bertz CT molecular complexity index is 895. The van der Waals surface area contributed by atoms with E-state index >= 15 is 0 Å². The van der Waals surface area contributed by atoms with Crippen molar-refractivity contribution >= 4 is 34.1 Å². The second-order valence-corrected chi connectivity index (χ2v) is 8.07. The van der Waals surface area contributed by atoms with Crippen LogP contribution in [0.25, 0.3) is 0 Å². The lowest BCUT2D eigenvalue weighted by atomic mass is 9.89. The standard InChI is InChI=1S/C17H17N5O2S2/c1-25-17-21-20-16(26-17)19-14(23)13-18-15(24-22-13)12-9-5-8-11(12)10-6-3-2-4-7-10/h2-4,6-7,11-12H,5,8-9H2,1H3,(H,19,20,23). The van der Waals surface area contributed by atoms with Gasteiger partial charge in [0.2, 0.25) is 11.0 Å². The number of hydrogen-bond donors (Lipinski definition) is 1. The molecule has 1 aliphatic rings. The molecule has 7 nitrogen and oxygen atoms in total. The molecule has 2 atom stereocenters. The van der Waals surface area contributed by atoms with E-state index in [9.17, 15) is 4.79 Å². The first-order valence-corrected chi connectivity index (χ1v) is 10.4. The van der Waals surface area contributed by atoms with E-state index in [1.165, 1.54) is 28.7 Å². The van der Waals surface area contributed by atoms with Gasteiger partial charge in [-0.25, -0.2) is 0 Å². The van der Waals surface area contributed by atoms with Crippen LogP contribution in [0.5, 0.6) is 0 Å². The third kappa shape index (κ3) is 3.49. The average Bonchev–Trinajstić information content (AvgIpc) is 3.41. The van der Waals surface area contributed by atoms with E-state index in [1.807, 2.05) is 24.5 Å². The Morgan fingerprint density at radius 2 is 2.04 bits per heavy atom. The third-order valence-corrected chi connectivity index (χ3v) is 6.32. The summed E-state index contributed by atoms with van der Waals surface area (Å²) in [5.74, 6) is 0.622. The van der Waals surface area contributed by atoms with E-state index in [1.54, 1.807) is 0 Å². The highest BCUT2D eigenvalue weighted by Crippen LogP contribution is 2.45. The summed E-state index contributed by atoms with van der Waals surface area (Å²) in [7, 11) is 0.